The van der Waals surface area contributed by atoms with E-state index in [-0.39, 0.29) is 33.6 Å². The first-order valence-electron chi connectivity index (χ1n) is 6.75. The van der Waals surface area contributed by atoms with Gasteiger partial charge in [-0.15, -0.1) is 11.8 Å². The Morgan fingerprint density at radius 1 is 1.57 bits per heavy atom. The largest absolute Gasteiger partial charge is 0.464 e. The molecule has 0 aliphatic carbocycles. The molecule has 0 radical (unpaired) electrons. The first kappa shape index (κ1) is 16.2. The van der Waals surface area contributed by atoms with E-state index >= 15 is 0 Å². The number of hydrogen-bond donors (Lipinski definition) is 1. The van der Waals surface area contributed by atoms with Crippen molar-refractivity contribution in [1.82, 2.24) is 4.90 Å². The average molecular weight is 354 g/mol. The normalized spacial score (nSPS) is 23.4. The molecule has 0 bridgehead atoms. The van der Waals surface area contributed by atoms with E-state index in [1.165, 1.54) is 30.0 Å². The number of nitrogens with zero attached hydrogens (tertiary/aromatic N) is 1. The van der Waals surface area contributed by atoms with Gasteiger partial charge in [0.2, 0.25) is 5.91 Å². The molecule has 0 aromatic carbocycles. The molecule has 2 atom stereocenters. The topological polar surface area (TPSA) is 103 Å². The van der Waals surface area contributed by atoms with E-state index in [2.05, 4.69) is 0 Å². The lowest BCUT2D eigenvalue weighted by Crippen LogP contribution is -2.68. The molecule has 122 valence electrons. The molecule has 7 nitrogen and oxygen atoms in total. The number of rotatable bonds is 4. The molecule has 1 aromatic heterocycles. The molecular formula is C14H14N2O5S2. The van der Waals surface area contributed by atoms with Gasteiger partial charge in [0.1, 0.15) is 17.1 Å². The molecule has 2 unspecified atom stereocenters. The molecule has 9 heteroatoms. The Morgan fingerprint density at radius 2 is 2.35 bits per heavy atom. The minimum absolute atomic E-state index is 0.211. The van der Waals surface area contributed by atoms with Crippen molar-refractivity contribution >= 4 is 40.5 Å². The summed E-state index contributed by atoms with van der Waals surface area (Å²) in [5.41, 5.74) is 6.65. The van der Waals surface area contributed by atoms with Gasteiger partial charge in [-0.1, -0.05) is 11.8 Å². The summed E-state index contributed by atoms with van der Waals surface area (Å²) in [6.45, 7) is 0. The van der Waals surface area contributed by atoms with Crippen molar-refractivity contribution in [3.63, 3.8) is 0 Å². The second-order valence-corrected chi connectivity index (χ2v) is 6.99. The van der Waals surface area contributed by atoms with Crippen LogP contribution in [0.25, 0.3) is 0 Å². The minimum atomic E-state index is -0.599. The summed E-state index contributed by atoms with van der Waals surface area (Å²) in [5.74, 6) is 0.158. The first-order valence-corrected chi connectivity index (χ1v) is 8.79. The summed E-state index contributed by atoms with van der Waals surface area (Å²) < 4.78 is 9.83. The number of fused-ring (bicyclic) bond motifs is 1. The lowest BCUT2D eigenvalue weighted by atomic mass is 10.0. The van der Waals surface area contributed by atoms with E-state index in [1.807, 2.05) is 0 Å². The number of ether oxygens (including phenoxy) is 1. The van der Waals surface area contributed by atoms with Crippen LogP contribution in [0, 0.1) is 0 Å². The maximum atomic E-state index is 12.1. The molecule has 3 rings (SSSR count). The van der Waals surface area contributed by atoms with Crippen molar-refractivity contribution in [3.05, 3.63) is 35.4 Å². The second kappa shape index (κ2) is 6.42. The number of nitrogens with two attached hydrogens (primary N) is 1. The molecule has 2 aliphatic heterocycles. The van der Waals surface area contributed by atoms with Gasteiger partial charge in [0, 0.05) is 11.5 Å². The summed E-state index contributed by atoms with van der Waals surface area (Å²) in [4.78, 5) is 37.4. The lowest BCUT2D eigenvalue weighted by Gasteiger charge is -2.48. The van der Waals surface area contributed by atoms with E-state index in [9.17, 15) is 14.4 Å². The van der Waals surface area contributed by atoms with Crippen LogP contribution in [0.3, 0.4) is 0 Å². The van der Waals surface area contributed by atoms with Gasteiger partial charge in [-0.25, -0.2) is 4.79 Å². The molecule has 23 heavy (non-hydrogen) atoms. The van der Waals surface area contributed by atoms with Gasteiger partial charge in [0.25, 0.3) is 5.12 Å². The maximum Gasteiger partial charge on any atom is 0.354 e. The number of carbonyl (C=O) groups excluding carboxylic acids is 3. The highest BCUT2D eigenvalue weighted by Gasteiger charge is 2.51. The highest BCUT2D eigenvalue weighted by atomic mass is 32.2. The van der Waals surface area contributed by atoms with Gasteiger partial charge in [-0.2, -0.15) is 0 Å². The fraction of sp³-hybridized carbons (Fsp3) is 0.357. The number of β-lactam (4-membered cyclic amide) rings is 1. The fourth-order valence-corrected chi connectivity index (χ4v) is 4.62. The van der Waals surface area contributed by atoms with Crippen molar-refractivity contribution < 1.29 is 23.5 Å². The van der Waals surface area contributed by atoms with Crippen LogP contribution in [-0.4, -0.2) is 51.9 Å². The Balaban J connectivity index is 1.79. The average Bonchev–Trinajstić information content (AvgIpc) is 3.12. The Morgan fingerprint density at radius 3 is 3.00 bits per heavy atom. The summed E-state index contributed by atoms with van der Waals surface area (Å²) >= 11 is 2.50. The predicted octanol–water partition coefficient (Wildman–Crippen LogP) is 0.822. The molecule has 1 fully saturated rings. The number of carbonyl (C=O) groups is 3. The number of esters is 1. The quantitative estimate of drug-likeness (QED) is 0.626. The molecule has 0 saturated carbocycles. The zero-order valence-corrected chi connectivity index (χ0v) is 13.8. The van der Waals surface area contributed by atoms with Gasteiger partial charge in [0.05, 0.1) is 13.4 Å². The van der Waals surface area contributed by atoms with Gasteiger partial charge < -0.3 is 14.9 Å². The van der Waals surface area contributed by atoms with Crippen LogP contribution in [0.15, 0.2) is 34.1 Å². The van der Waals surface area contributed by atoms with Crippen molar-refractivity contribution in [3.8, 4) is 0 Å². The number of hydrogen-bond acceptors (Lipinski definition) is 8. The predicted molar refractivity (Wildman–Crippen MR) is 85.6 cm³/mol. The molecule has 3 heterocycles. The highest BCUT2D eigenvalue weighted by Crippen LogP contribution is 2.40. The molecule has 1 aromatic rings. The third-order valence-electron chi connectivity index (χ3n) is 3.57. The van der Waals surface area contributed by atoms with E-state index in [0.717, 1.165) is 11.8 Å². The van der Waals surface area contributed by atoms with Gasteiger partial charge in [0.15, 0.2) is 5.76 Å². The molecular weight excluding hydrogens is 340 g/mol. The number of thioether (sulfide) groups is 2. The molecule has 1 amide bonds. The van der Waals surface area contributed by atoms with Crippen molar-refractivity contribution in [2.24, 2.45) is 5.73 Å². The summed E-state index contributed by atoms with van der Waals surface area (Å²) in [5, 5.41) is -0.475. The first-order chi connectivity index (χ1) is 11.0. The Kier molecular flexibility index (Phi) is 4.51. The standard InChI is InChI=1S/C14H14N2O5S2/c1-20-13(18)10-7(5-22-12-9(15)11(17)16(10)12)6-23-14(19)8-3-2-4-21-8/h2-4,9,12H,5-6,15H2,1H3. The lowest BCUT2D eigenvalue weighted by molar-refractivity contribution is -0.149. The Bertz CT molecular complexity index is 685. The Labute approximate surface area is 140 Å². The van der Waals surface area contributed by atoms with Crippen LogP contribution in [0.2, 0.25) is 0 Å². The summed E-state index contributed by atoms with van der Waals surface area (Å²) in [6.07, 6.45) is 1.42. The second-order valence-electron chi connectivity index (χ2n) is 4.93. The van der Waals surface area contributed by atoms with Crippen LogP contribution in [0.5, 0.6) is 0 Å². The van der Waals surface area contributed by atoms with Crippen LogP contribution >= 0.6 is 23.5 Å². The van der Waals surface area contributed by atoms with Gasteiger partial charge in [-0.05, 0) is 17.7 Å². The molecule has 0 spiro atoms. The van der Waals surface area contributed by atoms with E-state index in [1.54, 1.807) is 12.1 Å². The Hall–Kier alpha value is -1.71. The minimum Gasteiger partial charge on any atom is -0.464 e. The number of furan rings is 1. The van der Waals surface area contributed by atoms with Crippen molar-refractivity contribution in [2.75, 3.05) is 18.6 Å². The van der Waals surface area contributed by atoms with Crippen LogP contribution in [0.4, 0.5) is 0 Å². The van der Waals surface area contributed by atoms with Crippen LogP contribution in [0.1, 0.15) is 10.6 Å². The fourth-order valence-electron chi connectivity index (χ4n) is 2.39. The van der Waals surface area contributed by atoms with Gasteiger partial charge in [-0.3, -0.25) is 14.5 Å². The van der Waals surface area contributed by atoms with E-state index < -0.39 is 12.0 Å². The van der Waals surface area contributed by atoms with Crippen molar-refractivity contribution in [2.45, 2.75) is 11.4 Å². The third-order valence-corrected chi connectivity index (χ3v) is 5.88. The monoisotopic (exact) mass is 354 g/mol. The van der Waals surface area contributed by atoms with Crippen molar-refractivity contribution in [1.29, 1.82) is 0 Å². The van der Waals surface area contributed by atoms with Crippen LogP contribution < -0.4 is 5.73 Å². The van der Waals surface area contributed by atoms with E-state index in [0.29, 0.717) is 11.3 Å². The smallest absolute Gasteiger partial charge is 0.354 e. The summed E-state index contributed by atoms with van der Waals surface area (Å²) in [6, 6.07) is 2.61. The van der Waals surface area contributed by atoms with Crippen LogP contribution in [-0.2, 0) is 14.3 Å². The van der Waals surface area contributed by atoms with E-state index in [4.69, 9.17) is 14.9 Å². The maximum absolute atomic E-state index is 12.1. The number of methoxy groups -OCH3 is 1. The SMILES string of the molecule is COC(=O)C1=C(CSC(=O)c2ccco2)CSC2C(N)C(=O)N12. The number of amides is 1. The summed E-state index contributed by atoms with van der Waals surface area (Å²) in [7, 11) is 1.26. The zero-order chi connectivity index (χ0) is 16.6. The molecule has 1 saturated heterocycles. The zero-order valence-electron chi connectivity index (χ0n) is 12.2. The highest BCUT2D eigenvalue weighted by molar-refractivity contribution is 8.14. The molecule has 2 aliphatic rings. The van der Waals surface area contributed by atoms with Gasteiger partial charge >= 0.3 is 5.97 Å². The molecule has 2 N–H and O–H groups in total. The third kappa shape index (κ3) is 2.79.